The summed E-state index contributed by atoms with van der Waals surface area (Å²) in [5, 5.41) is 4.67. The Bertz CT molecular complexity index is 1730. The van der Waals surface area contributed by atoms with Crippen molar-refractivity contribution in [1.82, 2.24) is 14.5 Å². The number of imidazole rings is 1. The SMILES string of the molecule is COc1ccc([C@@H]2CC(=O)C3=C(C2)Nc2nc4ccccc4n2[C@H]3c2c[nH]c3ccccc23)cc1OC. The minimum absolute atomic E-state index is 0.0260. The number of aromatic nitrogens is 3. The Kier molecular flexibility index (Phi) is 4.86. The van der Waals surface area contributed by atoms with Crippen molar-refractivity contribution >= 4 is 33.7 Å². The summed E-state index contributed by atoms with van der Waals surface area (Å²) in [7, 11) is 3.26. The van der Waals surface area contributed by atoms with Crippen molar-refractivity contribution in [3.8, 4) is 11.5 Å². The van der Waals surface area contributed by atoms with Gasteiger partial charge in [0.1, 0.15) is 0 Å². The minimum Gasteiger partial charge on any atom is -0.493 e. The maximum Gasteiger partial charge on any atom is 0.209 e. The van der Waals surface area contributed by atoms with Gasteiger partial charge >= 0.3 is 0 Å². The lowest BCUT2D eigenvalue weighted by atomic mass is 9.77. The molecule has 0 saturated heterocycles. The summed E-state index contributed by atoms with van der Waals surface area (Å²) in [6.07, 6.45) is 3.17. The molecule has 3 heterocycles. The predicted octanol–water partition coefficient (Wildman–Crippen LogP) is 5.95. The van der Waals surface area contributed by atoms with Gasteiger partial charge in [0.05, 0.1) is 31.3 Å². The Morgan fingerprint density at radius 2 is 1.76 bits per heavy atom. The van der Waals surface area contributed by atoms with E-state index in [1.165, 1.54) is 0 Å². The van der Waals surface area contributed by atoms with E-state index in [9.17, 15) is 4.79 Å². The molecule has 2 aliphatic rings. The number of fused-ring (bicyclic) bond motifs is 4. The number of anilines is 1. The van der Waals surface area contributed by atoms with Crippen LogP contribution < -0.4 is 14.8 Å². The average Bonchev–Trinajstić information content (AvgIpc) is 3.52. The zero-order valence-corrected chi connectivity index (χ0v) is 20.6. The van der Waals surface area contributed by atoms with Gasteiger partial charge in [0.2, 0.25) is 5.95 Å². The van der Waals surface area contributed by atoms with E-state index < -0.39 is 0 Å². The second kappa shape index (κ2) is 8.27. The van der Waals surface area contributed by atoms with Crippen molar-refractivity contribution in [2.24, 2.45) is 0 Å². The number of allylic oxidation sites excluding steroid dienone is 2. The molecule has 5 aromatic rings. The maximum absolute atomic E-state index is 14.0. The summed E-state index contributed by atoms with van der Waals surface area (Å²) in [6.45, 7) is 0. The van der Waals surface area contributed by atoms with Gasteiger partial charge in [-0.3, -0.25) is 9.36 Å². The fraction of sp³-hybridized carbons (Fsp3) is 0.200. The molecule has 2 atom stereocenters. The highest BCUT2D eigenvalue weighted by atomic mass is 16.5. The Hall–Kier alpha value is -4.52. The first-order valence-corrected chi connectivity index (χ1v) is 12.4. The van der Waals surface area contributed by atoms with Crippen LogP contribution in [-0.2, 0) is 4.79 Å². The van der Waals surface area contributed by atoms with Crippen LogP contribution in [0.5, 0.6) is 11.5 Å². The van der Waals surface area contributed by atoms with Crippen LogP contribution in [0.25, 0.3) is 21.9 Å². The van der Waals surface area contributed by atoms with Crippen molar-refractivity contribution in [3.63, 3.8) is 0 Å². The van der Waals surface area contributed by atoms with E-state index in [1.54, 1.807) is 14.2 Å². The lowest BCUT2D eigenvalue weighted by Gasteiger charge is -2.36. The molecular formula is C30H26N4O3. The lowest BCUT2D eigenvalue weighted by molar-refractivity contribution is -0.116. The number of ether oxygens (including phenoxy) is 2. The van der Waals surface area contributed by atoms with E-state index in [0.717, 1.165) is 50.3 Å². The van der Waals surface area contributed by atoms with Gasteiger partial charge < -0.3 is 19.8 Å². The molecule has 2 N–H and O–H groups in total. The van der Waals surface area contributed by atoms with E-state index in [2.05, 4.69) is 33.1 Å². The number of hydrogen-bond acceptors (Lipinski definition) is 5. The van der Waals surface area contributed by atoms with Crippen molar-refractivity contribution < 1.29 is 14.3 Å². The standard InChI is InChI=1S/C30H26N4O3/c1-36-26-12-11-17(15-27(26)37-2)18-13-23-28(25(35)14-18)29(20-16-31-21-8-4-3-7-19(20)21)34-24-10-6-5-9-22(24)32-30(34)33-23/h3-12,15-16,18,29,31H,13-14H2,1-2H3,(H,32,33)/t18-,29-/m0/s1. The van der Waals surface area contributed by atoms with E-state index >= 15 is 0 Å². The molecule has 7 nitrogen and oxygen atoms in total. The largest absolute Gasteiger partial charge is 0.493 e. The smallest absolute Gasteiger partial charge is 0.209 e. The number of methoxy groups -OCH3 is 2. The number of carbonyl (C=O) groups excluding carboxylic acids is 1. The van der Waals surface area contributed by atoms with E-state index in [-0.39, 0.29) is 17.7 Å². The van der Waals surface area contributed by atoms with Gasteiger partial charge in [0.25, 0.3) is 0 Å². The summed E-state index contributed by atoms with van der Waals surface area (Å²) in [6, 6.07) is 22.0. The van der Waals surface area contributed by atoms with Gasteiger partial charge in [0, 0.05) is 40.4 Å². The zero-order valence-electron chi connectivity index (χ0n) is 20.6. The van der Waals surface area contributed by atoms with Gasteiger partial charge in [-0.1, -0.05) is 36.4 Å². The van der Waals surface area contributed by atoms with Crippen LogP contribution in [0.15, 0.2) is 84.2 Å². The Morgan fingerprint density at radius 1 is 0.946 bits per heavy atom. The first kappa shape index (κ1) is 21.7. The summed E-state index contributed by atoms with van der Waals surface area (Å²) >= 11 is 0. The summed E-state index contributed by atoms with van der Waals surface area (Å²) in [5.74, 6) is 2.28. The van der Waals surface area contributed by atoms with Crippen LogP contribution >= 0.6 is 0 Å². The number of Topliss-reactive ketones (excluding diaryl/α,β-unsaturated/α-hetero) is 1. The number of carbonyl (C=O) groups is 1. The molecular weight excluding hydrogens is 464 g/mol. The third-order valence-electron chi connectivity index (χ3n) is 7.69. The maximum atomic E-state index is 14.0. The number of H-pyrrole nitrogens is 1. The number of nitrogens with zero attached hydrogens (tertiary/aromatic N) is 2. The fourth-order valence-electron chi connectivity index (χ4n) is 5.98. The van der Waals surface area contributed by atoms with Gasteiger partial charge in [-0.2, -0.15) is 0 Å². The van der Waals surface area contributed by atoms with Gasteiger partial charge in [-0.15, -0.1) is 0 Å². The zero-order chi connectivity index (χ0) is 25.1. The molecule has 0 amide bonds. The Balaban J connectivity index is 1.39. The lowest BCUT2D eigenvalue weighted by Crippen LogP contribution is -2.33. The Morgan fingerprint density at radius 3 is 2.62 bits per heavy atom. The predicted molar refractivity (Wildman–Crippen MR) is 143 cm³/mol. The molecule has 7 heteroatoms. The third-order valence-corrected chi connectivity index (χ3v) is 7.69. The van der Waals surface area contributed by atoms with Crippen LogP contribution in [0.1, 0.15) is 35.9 Å². The van der Waals surface area contributed by atoms with E-state index in [0.29, 0.717) is 24.3 Å². The second-order valence-corrected chi connectivity index (χ2v) is 9.65. The van der Waals surface area contributed by atoms with Crippen molar-refractivity contribution in [2.45, 2.75) is 24.8 Å². The van der Waals surface area contributed by atoms with Crippen LogP contribution in [0, 0.1) is 0 Å². The van der Waals surface area contributed by atoms with E-state index in [4.69, 9.17) is 14.5 Å². The molecule has 0 radical (unpaired) electrons. The number of hydrogen-bond donors (Lipinski definition) is 2. The number of rotatable bonds is 4. The summed E-state index contributed by atoms with van der Waals surface area (Å²) in [4.78, 5) is 22.3. The molecule has 37 heavy (non-hydrogen) atoms. The monoisotopic (exact) mass is 490 g/mol. The fourth-order valence-corrected chi connectivity index (χ4v) is 5.98. The highest BCUT2D eigenvalue weighted by Gasteiger charge is 2.40. The topological polar surface area (TPSA) is 81.2 Å². The minimum atomic E-state index is -0.270. The van der Waals surface area contributed by atoms with Crippen LogP contribution in [-0.4, -0.2) is 34.5 Å². The molecule has 0 saturated carbocycles. The molecule has 184 valence electrons. The molecule has 0 fully saturated rings. The number of nitrogens with one attached hydrogen (secondary N) is 2. The van der Waals surface area contributed by atoms with Crippen molar-refractivity contribution in [3.05, 3.63) is 95.3 Å². The molecule has 3 aromatic carbocycles. The number of ketones is 1. The molecule has 0 spiro atoms. The highest BCUT2D eigenvalue weighted by Crippen LogP contribution is 2.47. The first-order chi connectivity index (χ1) is 18.2. The summed E-state index contributed by atoms with van der Waals surface area (Å²) < 4.78 is 13.1. The molecule has 1 aliphatic carbocycles. The van der Waals surface area contributed by atoms with Gasteiger partial charge in [-0.25, -0.2) is 4.98 Å². The highest BCUT2D eigenvalue weighted by molar-refractivity contribution is 6.02. The van der Waals surface area contributed by atoms with Crippen molar-refractivity contribution in [1.29, 1.82) is 0 Å². The van der Waals surface area contributed by atoms with E-state index in [1.807, 2.05) is 54.7 Å². The van der Waals surface area contributed by atoms with Crippen LogP contribution in [0.4, 0.5) is 5.95 Å². The quantitative estimate of drug-likeness (QED) is 0.325. The number of aromatic amines is 1. The normalized spacial score (nSPS) is 19.0. The van der Waals surface area contributed by atoms with Crippen LogP contribution in [0.3, 0.4) is 0 Å². The van der Waals surface area contributed by atoms with Gasteiger partial charge in [0.15, 0.2) is 17.3 Å². The van der Waals surface area contributed by atoms with Crippen molar-refractivity contribution in [2.75, 3.05) is 19.5 Å². The summed E-state index contributed by atoms with van der Waals surface area (Å²) in [5.41, 5.74) is 6.84. The molecule has 0 bridgehead atoms. The molecule has 1 aliphatic heterocycles. The van der Waals surface area contributed by atoms with Crippen LogP contribution in [0.2, 0.25) is 0 Å². The number of benzene rings is 3. The van der Waals surface area contributed by atoms with Gasteiger partial charge in [-0.05, 0) is 48.2 Å². The Labute approximate surface area is 213 Å². The number of para-hydroxylation sites is 3. The molecule has 0 unspecified atom stereocenters. The average molecular weight is 491 g/mol. The third kappa shape index (κ3) is 3.27. The molecule has 2 aromatic heterocycles. The second-order valence-electron chi connectivity index (χ2n) is 9.65. The first-order valence-electron chi connectivity index (χ1n) is 12.4. The molecule has 7 rings (SSSR count).